The number of hydrogen-bond acceptors (Lipinski definition) is 6. The van der Waals surface area contributed by atoms with Crippen LogP contribution in [0.15, 0.2) is 53.4 Å². The molecule has 156 valence electrons. The van der Waals surface area contributed by atoms with Gasteiger partial charge in [0.15, 0.2) is 6.61 Å². The standard InChI is InChI=1S/C20H24N2O6S/c1-21(16-4-3-5-18(14-16)26-2)20(23)15-28-17-6-8-19(9-7-17)29(24,25)22-10-12-27-13-11-22/h3-9,14H,10-13,15H2,1-2H3. The second-order valence-electron chi connectivity index (χ2n) is 6.43. The van der Waals surface area contributed by atoms with Crippen LogP contribution in [0.1, 0.15) is 0 Å². The number of carbonyl (C=O) groups is 1. The van der Waals surface area contributed by atoms with Crippen LogP contribution in [-0.4, -0.2) is 65.7 Å². The zero-order valence-electron chi connectivity index (χ0n) is 16.4. The average Bonchev–Trinajstić information content (AvgIpc) is 2.77. The molecule has 1 heterocycles. The first-order valence-corrected chi connectivity index (χ1v) is 10.6. The van der Waals surface area contributed by atoms with Crippen molar-refractivity contribution < 1.29 is 27.4 Å². The van der Waals surface area contributed by atoms with E-state index in [2.05, 4.69) is 0 Å². The lowest BCUT2D eigenvalue weighted by Crippen LogP contribution is -2.40. The molecule has 2 aromatic carbocycles. The predicted octanol–water partition coefficient (Wildman–Crippen LogP) is 1.76. The molecule has 2 aromatic rings. The van der Waals surface area contributed by atoms with Crippen molar-refractivity contribution in [2.24, 2.45) is 0 Å². The van der Waals surface area contributed by atoms with Gasteiger partial charge in [0.1, 0.15) is 11.5 Å². The van der Waals surface area contributed by atoms with Gasteiger partial charge in [-0.3, -0.25) is 4.79 Å². The Kier molecular flexibility index (Phi) is 6.73. The van der Waals surface area contributed by atoms with Crippen molar-refractivity contribution in [3.05, 3.63) is 48.5 Å². The number of carbonyl (C=O) groups excluding carboxylic acids is 1. The van der Waals surface area contributed by atoms with Crippen molar-refractivity contribution in [2.45, 2.75) is 4.90 Å². The molecule has 1 saturated heterocycles. The third kappa shape index (κ3) is 5.06. The minimum absolute atomic E-state index is 0.177. The van der Waals surface area contributed by atoms with E-state index >= 15 is 0 Å². The lowest BCUT2D eigenvalue weighted by Gasteiger charge is -2.26. The Morgan fingerprint density at radius 2 is 1.79 bits per heavy atom. The van der Waals surface area contributed by atoms with Gasteiger partial charge in [0.2, 0.25) is 10.0 Å². The Balaban J connectivity index is 1.60. The second-order valence-corrected chi connectivity index (χ2v) is 8.37. The summed E-state index contributed by atoms with van der Waals surface area (Å²) in [7, 11) is -0.342. The van der Waals surface area contributed by atoms with E-state index in [4.69, 9.17) is 14.2 Å². The first-order chi connectivity index (χ1) is 13.9. The van der Waals surface area contributed by atoms with Gasteiger partial charge in [-0.05, 0) is 36.4 Å². The topological polar surface area (TPSA) is 85.4 Å². The Morgan fingerprint density at radius 1 is 1.10 bits per heavy atom. The number of hydrogen-bond donors (Lipinski definition) is 0. The molecular weight excluding hydrogens is 396 g/mol. The number of likely N-dealkylation sites (N-methyl/N-ethyl adjacent to an activating group) is 1. The van der Waals surface area contributed by atoms with Crippen molar-refractivity contribution in [1.82, 2.24) is 4.31 Å². The molecule has 0 N–H and O–H groups in total. The molecule has 0 aromatic heterocycles. The molecule has 8 nitrogen and oxygen atoms in total. The number of amides is 1. The molecule has 1 aliphatic heterocycles. The molecule has 9 heteroatoms. The molecular formula is C20H24N2O6S. The van der Waals surface area contributed by atoms with Gasteiger partial charge in [-0.25, -0.2) is 8.42 Å². The monoisotopic (exact) mass is 420 g/mol. The van der Waals surface area contributed by atoms with E-state index in [9.17, 15) is 13.2 Å². The fourth-order valence-corrected chi connectivity index (χ4v) is 4.26. The second kappa shape index (κ2) is 9.25. The Labute approximate surface area is 170 Å². The molecule has 0 atom stereocenters. The molecule has 1 amide bonds. The number of benzene rings is 2. The molecule has 3 rings (SSSR count). The lowest BCUT2D eigenvalue weighted by molar-refractivity contribution is -0.120. The Hall–Kier alpha value is -2.62. The third-order valence-electron chi connectivity index (χ3n) is 4.61. The fraction of sp³-hybridized carbons (Fsp3) is 0.350. The van der Waals surface area contributed by atoms with Crippen LogP contribution in [0.2, 0.25) is 0 Å². The van der Waals surface area contributed by atoms with Crippen molar-refractivity contribution in [2.75, 3.05) is 52.0 Å². The summed E-state index contributed by atoms with van der Waals surface area (Å²) in [4.78, 5) is 14.1. The Bertz CT molecular complexity index is 940. The van der Waals surface area contributed by atoms with Crippen LogP contribution in [0, 0.1) is 0 Å². The zero-order valence-corrected chi connectivity index (χ0v) is 17.2. The van der Waals surface area contributed by atoms with Crippen LogP contribution in [0.3, 0.4) is 0 Å². The maximum absolute atomic E-state index is 12.6. The third-order valence-corrected chi connectivity index (χ3v) is 6.52. The van der Waals surface area contributed by atoms with Crippen molar-refractivity contribution in [3.8, 4) is 11.5 Å². The van der Waals surface area contributed by atoms with E-state index in [1.165, 1.54) is 21.3 Å². The van der Waals surface area contributed by atoms with E-state index in [0.29, 0.717) is 43.5 Å². The summed E-state index contributed by atoms with van der Waals surface area (Å²) in [5.74, 6) is 0.821. The summed E-state index contributed by atoms with van der Waals surface area (Å²) in [5, 5.41) is 0. The van der Waals surface area contributed by atoms with E-state index in [1.807, 2.05) is 0 Å². The van der Waals surface area contributed by atoms with Crippen molar-refractivity contribution >= 4 is 21.6 Å². The zero-order chi connectivity index (χ0) is 20.9. The van der Waals surface area contributed by atoms with Crippen LogP contribution in [0.5, 0.6) is 11.5 Å². The van der Waals surface area contributed by atoms with Crippen LogP contribution in [-0.2, 0) is 19.6 Å². The molecule has 1 fully saturated rings. The maximum Gasteiger partial charge on any atom is 0.264 e. The first kappa shape index (κ1) is 21.1. The summed E-state index contributed by atoms with van der Waals surface area (Å²) in [5.41, 5.74) is 0.685. The minimum Gasteiger partial charge on any atom is -0.497 e. The molecule has 29 heavy (non-hydrogen) atoms. The normalized spacial score (nSPS) is 15.0. The van der Waals surface area contributed by atoms with Crippen LogP contribution < -0.4 is 14.4 Å². The van der Waals surface area contributed by atoms with Gasteiger partial charge >= 0.3 is 0 Å². The number of ether oxygens (including phenoxy) is 3. The average molecular weight is 420 g/mol. The number of rotatable bonds is 7. The van der Waals surface area contributed by atoms with Gasteiger partial charge in [0, 0.05) is 31.9 Å². The molecule has 0 bridgehead atoms. The van der Waals surface area contributed by atoms with Crippen molar-refractivity contribution in [3.63, 3.8) is 0 Å². The fourth-order valence-electron chi connectivity index (χ4n) is 2.85. The highest BCUT2D eigenvalue weighted by Gasteiger charge is 2.26. The highest BCUT2D eigenvalue weighted by molar-refractivity contribution is 7.89. The molecule has 0 unspecified atom stereocenters. The minimum atomic E-state index is -3.56. The summed E-state index contributed by atoms with van der Waals surface area (Å²) >= 11 is 0. The molecule has 0 aliphatic carbocycles. The van der Waals surface area contributed by atoms with Gasteiger partial charge in [-0.15, -0.1) is 0 Å². The first-order valence-electron chi connectivity index (χ1n) is 9.13. The SMILES string of the molecule is COc1cccc(N(C)C(=O)COc2ccc(S(=O)(=O)N3CCOCC3)cc2)c1. The number of sulfonamides is 1. The quantitative estimate of drug-likeness (QED) is 0.679. The number of nitrogens with zero attached hydrogens (tertiary/aromatic N) is 2. The maximum atomic E-state index is 12.6. The number of methoxy groups -OCH3 is 1. The van der Waals surface area contributed by atoms with E-state index in [0.717, 1.165) is 0 Å². The smallest absolute Gasteiger partial charge is 0.264 e. The summed E-state index contributed by atoms with van der Waals surface area (Å²) in [6.45, 7) is 1.29. The van der Waals surface area contributed by atoms with E-state index in [1.54, 1.807) is 50.6 Å². The van der Waals surface area contributed by atoms with Crippen LogP contribution in [0.4, 0.5) is 5.69 Å². The van der Waals surface area contributed by atoms with Gasteiger partial charge in [-0.2, -0.15) is 4.31 Å². The van der Waals surface area contributed by atoms with E-state index < -0.39 is 10.0 Å². The summed E-state index contributed by atoms with van der Waals surface area (Å²) in [6, 6.07) is 13.2. The molecule has 0 saturated carbocycles. The number of morpholine rings is 1. The summed E-state index contributed by atoms with van der Waals surface area (Å²) < 4.78 is 42.5. The highest BCUT2D eigenvalue weighted by atomic mass is 32.2. The molecule has 1 aliphatic rings. The predicted molar refractivity (Wildman–Crippen MR) is 108 cm³/mol. The molecule has 0 spiro atoms. The van der Waals surface area contributed by atoms with Crippen LogP contribution in [0.25, 0.3) is 0 Å². The summed E-state index contributed by atoms with van der Waals surface area (Å²) in [6.07, 6.45) is 0. The van der Waals surface area contributed by atoms with Crippen molar-refractivity contribution in [1.29, 1.82) is 0 Å². The lowest BCUT2D eigenvalue weighted by atomic mass is 10.3. The number of anilines is 1. The van der Waals surface area contributed by atoms with Gasteiger partial charge in [0.05, 0.1) is 25.2 Å². The molecule has 0 radical (unpaired) electrons. The van der Waals surface area contributed by atoms with Gasteiger partial charge in [-0.1, -0.05) is 6.07 Å². The highest BCUT2D eigenvalue weighted by Crippen LogP contribution is 2.22. The van der Waals surface area contributed by atoms with Crippen LogP contribution >= 0.6 is 0 Å². The van der Waals surface area contributed by atoms with Gasteiger partial charge in [0.25, 0.3) is 5.91 Å². The van der Waals surface area contributed by atoms with Gasteiger partial charge < -0.3 is 19.1 Å². The van der Waals surface area contributed by atoms with E-state index in [-0.39, 0.29) is 17.4 Å². The Morgan fingerprint density at radius 3 is 2.45 bits per heavy atom. The largest absolute Gasteiger partial charge is 0.497 e.